The van der Waals surface area contributed by atoms with Crippen LogP contribution in [0.15, 0.2) is 34.9 Å². The van der Waals surface area contributed by atoms with Crippen LogP contribution in [-0.2, 0) is 0 Å². The first-order chi connectivity index (χ1) is 10.7. The highest BCUT2D eigenvalue weighted by Gasteiger charge is 2.26. The number of nitrogens with zero attached hydrogens (tertiary/aromatic N) is 2. The Bertz CT molecular complexity index is 668. The molecule has 0 saturated heterocycles. The van der Waals surface area contributed by atoms with Crippen LogP contribution in [0.25, 0.3) is 0 Å². The molecule has 0 radical (unpaired) electrons. The molecule has 1 aromatic carbocycles. The maximum atomic E-state index is 12.4. The van der Waals surface area contributed by atoms with E-state index in [1.165, 1.54) is 0 Å². The fourth-order valence-corrected chi connectivity index (χ4v) is 2.37. The molecule has 6 heteroatoms. The first kappa shape index (κ1) is 14.4. The van der Waals surface area contributed by atoms with Gasteiger partial charge in [-0.2, -0.15) is 0 Å². The van der Waals surface area contributed by atoms with E-state index in [4.69, 9.17) is 14.0 Å². The highest BCUT2D eigenvalue weighted by Crippen LogP contribution is 2.31. The molecule has 6 nitrogen and oxygen atoms in total. The van der Waals surface area contributed by atoms with Gasteiger partial charge in [0.1, 0.15) is 6.61 Å². The molecular weight excluding hydrogens is 284 g/mol. The van der Waals surface area contributed by atoms with Gasteiger partial charge in [-0.1, -0.05) is 17.3 Å². The van der Waals surface area contributed by atoms with Gasteiger partial charge in [0.25, 0.3) is 5.91 Å². The van der Waals surface area contributed by atoms with Crippen LogP contribution < -0.4 is 9.47 Å². The van der Waals surface area contributed by atoms with Gasteiger partial charge in [-0.15, -0.1) is 0 Å². The predicted molar refractivity (Wildman–Crippen MR) is 79.2 cm³/mol. The van der Waals surface area contributed by atoms with Gasteiger partial charge in [-0.3, -0.25) is 4.79 Å². The number of aromatic nitrogens is 1. The Kier molecular flexibility index (Phi) is 4.00. The molecule has 1 aromatic heterocycles. The summed E-state index contributed by atoms with van der Waals surface area (Å²) in [5.74, 6) is 1.50. The van der Waals surface area contributed by atoms with Crippen LogP contribution in [0.3, 0.4) is 0 Å². The van der Waals surface area contributed by atoms with E-state index in [9.17, 15) is 4.79 Å². The van der Waals surface area contributed by atoms with Gasteiger partial charge in [0.05, 0.1) is 12.2 Å². The van der Waals surface area contributed by atoms with Crippen LogP contribution in [0.1, 0.15) is 23.2 Å². The first-order valence-electron chi connectivity index (χ1n) is 7.28. The third kappa shape index (κ3) is 2.90. The van der Waals surface area contributed by atoms with Crippen molar-refractivity contribution in [3.8, 4) is 11.5 Å². The summed E-state index contributed by atoms with van der Waals surface area (Å²) in [5, 5.41) is 3.75. The second-order valence-corrected chi connectivity index (χ2v) is 5.17. The van der Waals surface area contributed by atoms with Gasteiger partial charge in [0.15, 0.2) is 17.6 Å². The summed E-state index contributed by atoms with van der Waals surface area (Å²) >= 11 is 0. The normalized spacial score (nSPS) is 16.4. The Morgan fingerprint density at radius 2 is 2.14 bits per heavy atom. The van der Waals surface area contributed by atoms with E-state index in [-0.39, 0.29) is 17.8 Å². The number of hydrogen-bond acceptors (Lipinski definition) is 5. The fraction of sp³-hybridized carbons (Fsp3) is 0.375. The zero-order valence-electron chi connectivity index (χ0n) is 12.6. The van der Waals surface area contributed by atoms with Crippen molar-refractivity contribution < 1.29 is 18.8 Å². The van der Waals surface area contributed by atoms with Crippen LogP contribution in [0, 0.1) is 6.92 Å². The average molecular weight is 302 g/mol. The van der Waals surface area contributed by atoms with Crippen molar-refractivity contribution in [3.63, 3.8) is 0 Å². The van der Waals surface area contributed by atoms with E-state index in [1.54, 1.807) is 17.9 Å². The van der Waals surface area contributed by atoms with Gasteiger partial charge >= 0.3 is 0 Å². The van der Waals surface area contributed by atoms with Crippen molar-refractivity contribution in [3.05, 3.63) is 41.8 Å². The maximum absolute atomic E-state index is 12.4. The number of carbonyl (C=O) groups is 1. The molecule has 3 rings (SSSR count). The van der Waals surface area contributed by atoms with Crippen LogP contribution in [0.2, 0.25) is 0 Å². The van der Waals surface area contributed by atoms with Crippen molar-refractivity contribution in [1.82, 2.24) is 10.1 Å². The molecule has 0 aliphatic carbocycles. The molecule has 0 fully saturated rings. The molecule has 1 atom stereocenters. The number of rotatable bonds is 4. The molecule has 0 saturated carbocycles. The average Bonchev–Trinajstić information content (AvgIpc) is 2.98. The number of ether oxygens (including phenoxy) is 2. The summed E-state index contributed by atoms with van der Waals surface area (Å²) in [6.45, 7) is 5.10. The molecule has 0 bridgehead atoms. The summed E-state index contributed by atoms with van der Waals surface area (Å²) in [4.78, 5) is 14.1. The molecule has 22 heavy (non-hydrogen) atoms. The molecule has 1 unspecified atom stereocenters. The van der Waals surface area contributed by atoms with Crippen molar-refractivity contribution >= 4 is 5.91 Å². The van der Waals surface area contributed by atoms with Crippen molar-refractivity contribution in [2.75, 3.05) is 19.7 Å². The van der Waals surface area contributed by atoms with Gasteiger partial charge in [-0.25, -0.2) is 0 Å². The number of para-hydroxylation sites is 2. The minimum absolute atomic E-state index is 0.189. The van der Waals surface area contributed by atoms with Gasteiger partial charge in [-0.05, 0) is 26.0 Å². The van der Waals surface area contributed by atoms with E-state index in [0.29, 0.717) is 31.1 Å². The van der Waals surface area contributed by atoms with Crippen molar-refractivity contribution in [2.24, 2.45) is 0 Å². The second-order valence-electron chi connectivity index (χ2n) is 5.17. The van der Waals surface area contributed by atoms with Crippen LogP contribution in [0.4, 0.5) is 0 Å². The minimum Gasteiger partial charge on any atom is -0.486 e. The SMILES string of the molecule is CCN(CC1COc2ccccc2O1)C(=O)c1cc(C)no1. The van der Waals surface area contributed by atoms with E-state index >= 15 is 0 Å². The van der Waals surface area contributed by atoms with Crippen LogP contribution >= 0.6 is 0 Å². The first-order valence-corrected chi connectivity index (χ1v) is 7.28. The van der Waals surface area contributed by atoms with Crippen LogP contribution in [-0.4, -0.2) is 41.8 Å². The summed E-state index contributed by atoms with van der Waals surface area (Å²) in [6.07, 6.45) is -0.206. The Hall–Kier alpha value is -2.50. The summed E-state index contributed by atoms with van der Waals surface area (Å²) < 4.78 is 16.6. The fourth-order valence-electron chi connectivity index (χ4n) is 2.37. The molecule has 2 heterocycles. The predicted octanol–water partition coefficient (Wildman–Crippen LogP) is 2.29. The molecular formula is C16H18N2O4. The zero-order chi connectivity index (χ0) is 15.5. The lowest BCUT2D eigenvalue weighted by atomic mass is 10.2. The Morgan fingerprint density at radius 3 is 2.82 bits per heavy atom. The molecule has 0 spiro atoms. The molecule has 1 aliphatic heterocycles. The Balaban J connectivity index is 1.68. The van der Waals surface area contributed by atoms with Gasteiger partial charge in [0, 0.05) is 12.6 Å². The lowest BCUT2D eigenvalue weighted by molar-refractivity contribution is 0.0450. The van der Waals surface area contributed by atoms with E-state index in [1.807, 2.05) is 31.2 Å². The smallest absolute Gasteiger partial charge is 0.292 e. The molecule has 1 amide bonds. The van der Waals surface area contributed by atoms with E-state index in [2.05, 4.69) is 5.16 Å². The maximum Gasteiger partial charge on any atom is 0.292 e. The third-order valence-electron chi connectivity index (χ3n) is 3.50. The number of likely N-dealkylation sites (N-methyl/N-ethyl adjacent to an activating group) is 1. The Morgan fingerprint density at radius 1 is 1.36 bits per heavy atom. The topological polar surface area (TPSA) is 64.8 Å². The summed E-state index contributed by atoms with van der Waals surface area (Å²) in [6, 6.07) is 9.16. The van der Waals surface area contributed by atoms with Crippen molar-refractivity contribution in [2.45, 2.75) is 20.0 Å². The molecule has 2 aromatic rings. The number of amides is 1. The standard InChI is InChI=1S/C16H18N2O4/c1-3-18(16(19)15-8-11(2)17-22-15)9-12-10-20-13-6-4-5-7-14(13)21-12/h4-8,12H,3,9-10H2,1-2H3. The minimum atomic E-state index is -0.206. The Labute approximate surface area is 128 Å². The lowest BCUT2D eigenvalue weighted by Crippen LogP contribution is -2.43. The number of hydrogen-bond donors (Lipinski definition) is 0. The molecule has 116 valence electrons. The van der Waals surface area contributed by atoms with Gasteiger partial charge in [0.2, 0.25) is 5.76 Å². The summed E-state index contributed by atoms with van der Waals surface area (Å²) in [5.41, 5.74) is 0.686. The monoisotopic (exact) mass is 302 g/mol. The number of benzene rings is 1. The van der Waals surface area contributed by atoms with Crippen molar-refractivity contribution in [1.29, 1.82) is 0 Å². The van der Waals surface area contributed by atoms with Crippen LogP contribution in [0.5, 0.6) is 11.5 Å². The lowest BCUT2D eigenvalue weighted by Gasteiger charge is -2.30. The highest BCUT2D eigenvalue weighted by molar-refractivity contribution is 5.91. The third-order valence-corrected chi connectivity index (χ3v) is 3.50. The molecule has 1 aliphatic rings. The number of carbonyl (C=O) groups excluding carboxylic acids is 1. The number of fused-ring (bicyclic) bond motifs is 1. The second kappa shape index (κ2) is 6.09. The van der Waals surface area contributed by atoms with E-state index in [0.717, 1.165) is 5.75 Å². The highest BCUT2D eigenvalue weighted by atomic mass is 16.6. The van der Waals surface area contributed by atoms with Gasteiger partial charge < -0.3 is 18.9 Å². The summed E-state index contributed by atoms with van der Waals surface area (Å²) in [7, 11) is 0. The quantitative estimate of drug-likeness (QED) is 0.867. The largest absolute Gasteiger partial charge is 0.486 e. The zero-order valence-corrected chi connectivity index (χ0v) is 12.6. The van der Waals surface area contributed by atoms with E-state index < -0.39 is 0 Å². The molecule has 0 N–H and O–H groups in total. The number of aryl methyl sites for hydroxylation is 1.